The van der Waals surface area contributed by atoms with Crippen LogP contribution in [-0.4, -0.2) is 21.0 Å². The number of fused-ring (bicyclic) bond motifs is 2. The van der Waals surface area contributed by atoms with Crippen molar-refractivity contribution in [1.82, 2.24) is 9.97 Å². The third-order valence-electron chi connectivity index (χ3n) is 3.66. The van der Waals surface area contributed by atoms with Crippen LogP contribution in [0, 0.1) is 0 Å². The van der Waals surface area contributed by atoms with Gasteiger partial charge in [-0.05, 0) is 30.3 Å². The highest BCUT2D eigenvalue weighted by molar-refractivity contribution is 6.29. The predicted octanol–water partition coefficient (Wildman–Crippen LogP) is 2.99. The van der Waals surface area contributed by atoms with Crippen LogP contribution in [0.15, 0.2) is 48.5 Å². The van der Waals surface area contributed by atoms with Gasteiger partial charge in [-0.1, -0.05) is 29.8 Å². The van der Waals surface area contributed by atoms with Crippen LogP contribution in [0.5, 0.6) is 0 Å². The van der Waals surface area contributed by atoms with Gasteiger partial charge < -0.3 is 5.11 Å². The number of amides is 1. The normalized spacial score (nSPS) is 17.1. The smallest absolute Gasteiger partial charge is 0.266 e. The van der Waals surface area contributed by atoms with Gasteiger partial charge in [-0.3, -0.25) is 9.69 Å². The maximum absolute atomic E-state index is 12.4. The van der Waals surface area contributed by atoms with E-state index in [-0.39, 0.29) is 0 Å². The molecular weight excluding hydrogens is 302 g/mol. The van der Waals surface area contributed by atoms with Gasteiger partial charge in [0.15, 0.2) is 11.8 Å². The molecule has 1 unspecified atom stereocenters. The Balaban J connectivity index is 1.90. The molecule has 3 aromatic rings. The highest BCUT2D eigenvalue weighted by Gasteiger charge is 2.37. The molecule has 22 heavy (non-hydrogen) atoms. The van der Waals surface area contributed by atoms with E-state index >= 15 is 0 Å². The quantitative estimate of drug-likeness (QED) is 0.702. The van der Waals surface area contributed by atoms with Crippen LogP contribution in [0.3, 0.4) is 0 Å². The molecule has 6 heteroatoms. The van der Waals surface area contributed by atoms with Crippen LogP contribution in [0.4, 0.5) is 11.5 Å². The number of halogens is 1. The minimum atomic E-state index is -1.17. The van der Waals surface area contributed by atoms with Crippen molar-refractivity contribution >= 4 is 40.0 Å². The van der Waals surface area contributed by atoms with Crippen molar-refractivity contribution in [1.29, 1.82) is 0 Å². The molecule has 1 atom stereocenters. The third kappa shape index (κ3) is 1.87. The fourth-order valence-corrected chi connectivity index (χ4v) is 2.77. The number of para-hydroxylation sites is 1. The molecule has 0 spiro atoms. The lowest BCUT2D eigenvalue weighted by Crippen LogP contribution is -2.24. The highest BCUT2D eigenvalue weighted by Crippen LogP contribution is 2.40. The van der Waals surface area contributed by atoms with Crippen molar-refractivity contribution in [3.63, 3.8) is 0 Å². The molecule has 0 radical (unpaired) electrons. The summed E-state index contributed by atoms with van der Waals surface area (Å²) in [6.45, 7) is 0. The van der Waals surface area contributed by atoms with Crippen LogP contribution in [0.1, 0.15) is 11.7 Å². The average molecular weight is 312 g/mol. The van der Waals surface area contributed by atoms with Gasteiger partial charge in [0.1, 0.15) is 11.0 Å². The highest BCUT2D eigenvalue weighted by atomic mass is 35.5. The molecule has 5 nitrogen and oxygen atoms in total. The van der Waals surface area contributed by atoms with Crippen LogP contribution in [0.2, 0.25) is 5.15 Å². The van der Waals surface area contributed by atoms with Crippen molar-refractivity contribution < 1.29 is 9.90 Å². The number of hydrogen-bond acceptors (Lipinski definition) is 4. The minimum absolute atomic E-state index is 0.338. The molecule has 1 amide bonds. The summed E-state index contributed by atoms with van der Waals surface area (Å²) in [5, 5.41) is 11.2. The van der Waals surface area contributed by atoms with Gasteiger partial charge in [0.25, 0.3) is 5.91 Å². The molecule has 3 heterocycles. The van der Waals surface area contributed by atoms with E-state index in [1.165, 1.54) is 4.90 Å². The number of aromatic nitrogens is 2. The third-order valence-corrected chi connectivity index (χ3v) is 3.87. The summed E-state index contributed by atoms with van der Waals surface area (Å²) in [7, 11) is 0. The standard InChI is InChI=1S/C16H10ClN3O2/c17-12-7-5-9-6-8-13(19-15(9)18-12)20-11-4-2-1-3-10(11)14(21)16(20)22/h1-8,14,21H. The fourth-order valence-electron chi connectivity index (χ4n) is 2.62. The summed E-state index contributed by atoms with van der Waals surface area (Å²) in [4.78, 5) is 22.3. The lowest BCUT2D eigenvalue weighted by molar-refractivity contribution is -0.125. The van der Waals surface area contributed by atoms with Crippen molar-refractivity contribution in [3.8, 4) is 0 Å². The van der Waals surface area contributed by atoms with E-state index in [0.29, 0.717) is 27.9 Å². The van der Waals surface area contributed by atoms with Gasteiger partial charge in [0.05, 0.1) is 5.69 Å². The summed E-state index contributed by atoms with van der Waals surface area (Å²) in [6, 6.07) is 14.2. The van der Waals surface area contributed by atoms with Gasteiger partial charge in [-0.25, -0.2) is 9.97 Å². The molecule has 0 bridgehead atoms. The minimum Gasteiger partial charge on any atom is -0.378 e. The molecule has 0 fully saturated rings. The second kappa shape index (κ2) is 4.76. The van der Waals surface area contributed by atoms with E-state index in [4.69, 9.17) is 11.6 Å². The first-order valence-electron chi connectivity index (χ1n) is 6.69. The summed E-state index contributed by atoms with van der Waals surface area (Å²) in [5.74, 6) is -0.00801. The first-order valence-corrected chi connectivity index (χ1v) is 7.07. The number of aliphatic hydroxyl groups is 1. The molecule has 0 saturated heterocycles. The van der Waals surface area contributed by atoms with Gasteiger partial charge >= 0.3 is 0 Å². The SMILES string of the molecule is O=C1C(O)c2ccccc2N1c1ccc2ccc(Cl)nc2n1. The fraction of sp³-hybridized carbons (Fsp3) is 0.0625. The number of benzene rings is 1. The van der Waals surface area contributed by atoms with E-state index in [1.54, 1.807) is 30.3 Å². The Kier molecular flexibility index (Phi) is 2.85. The topological polar surface area (TPSA) is 66.3 Å². The first-order chi connectivity index (χ1) is 10.6. The van der Waals surface area contributed by atoms with Crippen LogP contribution >= 0.6 is 11.6 Å². The molecule has 0 saturated carbocycles. The molecule has 1 aliphatic rings. The number of rotatable bonds is 1. The van der Waals surface area contributed by atoms with Gasteiger partial charge in [0, 0.05) is 10.9 Å². The summed E-state index contributed by atoms with van der Waals surface area (Å²) < 4.78 is 0. The maximum Gasteiger partial charge on any atom is 0.266 e. The Morgan fingerprint density at radius 3 is 2.68 bits per heavy atom. The number of carbonyl (C=O) groups excluding carboxylic acids is 1. The molecule has 0 aliphatic carbocycles. The second-order valence-electron chi connectivity index (χ2n) is 4.99. The molecule has 1 N–H and O–H groups in total. The van der Waals surface area contributed by atoms with Crippen LogP contribution in [0.25, 0.3) is 11.0 Å². The molecule has 4 rings (SSSR count). The number of nitrogens with zero attached hydrogens (tertiary/aromatic N) is 3. The zero-order chi connectivity index (χ0) is 15.3. The molecular formula is C16H10ClN3O2. The molecule has 108 valence electrons. The monoisotopic (exact) mass is 311 g/mol. The lowest BCUT2D eigenvalue weighted by Gasteiger charge is -2.16. The van der Waals surface area contributed by atoms with E-state index in [9.17, 15) is 9.90 Å². The van der Waals surface area contributed by atoms with Gasteiger partial charge in [-0.2, -0.15) is 0 Å². The number of anilines is 2. The Hall–Kier alpha value is -2.50. The zero-order valence-electron chi connectivity index (χ0n) is 11.3. The van der Waals surface area contributed by atoms with Crippen molar-refractivity contribution in [3.05, 3.63) is 59.2 Å². The van der Waals surface area contributed by atoms with Crippen molar-refractivity contribution in [2.24, 2.45) is 0 Å². The predicted molar refractivity (Wildman–Crippen MR) is 83.1 cm³/mol. The van der Waals surface area contributed by atoms with Gasteiger partial charge in [0.2, 0.25) is 0 Å². The molecule has 1 aliphatic heterocycles. The van der Waals surface area contributed by atoms with Crippen LogP contribution < -0.4 is 4.90 Å². The van der Waals surface area contributed by atoms with E-state index in [0.717, 1.165) is 5.39 Å². The molecule has 1 aromatic carbocycles. The average Bonchev–Trinajstić information content (AvgIpc) is 2.79. The number of aliphatic hydroxyl groups excluding tert-OH is 1. The largest absolute Gasteiger partial charge is 0.378 e. The zero-order valence-corrected chi connectivity index (χ0v) is 12.0. The maximum atomic E-state index is 12.4. The van der Waals surface area contributed by atoms with E-state index in [1.807, 2.05) is 18.2 Å². The van der Waals surface area contributed by atoms with Crippen molar-refractivity contribution in [2.45, 2.75) is 6.10 Å². The Morgan fingerprint density at radius 2 is 1.82 bits per heavy atom. The van der Waals surface area contributed by atoms with Crippen LogP contribution in [-0.2, 0) is 4.79 Å². The number of hydrogen-bond donors (Lipinski definition) is 1. The van der Waals surface area contributed by atoms with Crippen molar-refractivity contribution in [2.75, 3.05) is 4.90 Å². The van der Waals surface area contributed by atoms with Gasteiger partial charge in [-0.15, -0.1) is 0 Å². The van der Waals surface area contributed by atoms with E-state index < -0.39 is 12.0 Å². The number of pyridine rings is 2. The molecule has 2 aromatic heterocycles. The Bertz CT molecular complexity index is 913. The Morgan fingerprint density at radius 1 is 1.05 bits per heavy atom. The van der Waals surface area contributed by atoms with E-state index in [2.05, 4.69) is 9.97 Å². The lowest BCUT2D eigenvalue weighted by atomic mass is 10.1. The Labute approximate surface area is 130 Å². The second-order valence-corrected chi connectivity index (χ2v) is 5.37. The first kappa shape index (κ1) is 13.2. The summed E-state index contributed by atoms with van der Waals surface area (Å²) in [5.41, 5.74) is 1.67. The summed E-state index contributed by atoms with van der Waals surface area (Å²) in [6.07, 6.45) is -1.17. The number of carbonyl (C=O) groups is 1. The summed E-state index contributed by atoms with van der Waals surface area (Å²) >= 11 is 5.89.